The van der Waals surface area contributed by atoms with Crippen LogP contribution in [-0.2, 0) is 9.53 Å². The topological polar surface area (TPSA) is 80.7 Å². The molecule has 3 heterocycles. The number of aromatic nitrogens is 2. The number of methoxy groups -OCH3 is 2. The van der Waals surface area contributed by atoms with Crippen LogP contribution in [0.5, 0.6) is 5.75 Å². The molecule has 2 atom stereocenters. The van der Waals surface area contributed by atoms with Crippen LogP contribution < -0.4 is 20.3 Å². The molecule has 0 unspecified atom stereocenters. The highest BCUT2D eigenvalue weighted by Gasteiger charge is 2.42. The van der Waals surface area contributed by atoms with Crippen LogP contribution >= 0.6 is 23.8 Å². The Morgan fingerprint density at radius 3 is 2.59 bits per heavy atom. The number of carbonyl (C=O) groups excluding carboxylic acids is 1. The number of carbonyl (C=O) groups is 1. The summed E-state index contributed by atoms with van der Waals surface area (Å²) in [5.41, 5.74) is 7.42. The van der Waals surface area contributed by atoms with Gasteiger partial charge in [-0.3, -0.25) is 9.78 Å². The minimum absolute atomic E-state index is 0.0117. The molecule has 0 bridgehead atoms. The van der Waals surface area contributed by atoms with Gasteiger partial charge in [-0.05, 0) is 98.7 Å². The Bertz CT molecular complexity index is 1610. The molecule has 10 heteroatoms. The summed E-state index contributed by atoms with van der Waals surface area (Å²) < 4.78 is 12.8. The van der Waals surface area contributed by atoms with Gasteiger partial charge in [-0.2, -0.15) is 0 Å². The van der Waals surface area contributed by atoms with E-state index in [0.717, 1.165) is 51.0 Å². The number of aryl methyl sites for hydroxylation is 2. The Kier molecular flexibility index (Phi) is 8.30. The molecule has 1 fully saturated rings. The van der Waals surface area contributed by atoms with Gasteiger partial charge in [0.05, 0.1) is 30.6 Å². The lowest BCUT2D eigenvalue weighted by Gasteiger charge is -2.29. The third-order valence-corrected chi connectivity index (χ3v) is 7.86. The zero-order valence-electron chi connectivity index (χ0n) is 23.6. The van der Waals surface area contributed by atoms with E-state index in [1.807, 2.05) is 61.5 Å². The second-order valence-electron chi connectivity index (χ2n) is 9.96. The van der Waals surface area contributed by atoms with E-state index in [1.54, 1.807) is 13.3 Å². The molecule has 8 nitrogen and oxygen atoms in total. The lowest BCUT2D eigenvalue weighted by atomic mass is 9.96. The molecule has 4 aromatic rings. The smallest absolute Gasteiger partial charge is 0.250 e. The number of hydrogen-bond acceptors (Lipinski definition) is 5. The average Bonchev–Trinajstić information content (AvgIpc) is 3.45. The molecule has 0 saturated carbocycles. The van der Waals surface area contributed by atoms with Crippen molar-refractivity contribution in [3.05, 3.63) is 100 Å². The molecule has 1 amide bonds. The number of anilines is 2. The minimum atomic E-state index is -0.212. The monoisotopic (exact) mass is 589 g/mol. The quantitative estimate of drug-likeness (QED) is 0.236. The van der Waals surface area contributed by atoms with Crippen LogP contribution in [0.15, 0.2) is 66.9 Å². The van der Waals surface area contributed by atoms with E-state index in [9.17, 15) is 4.79 Å². The first kappa shape index (κ1) is 28.6. The van der Waals surface area contributed by atoms with Crippen molar-refractivity contribution in [1.29, 1.82) is 0 Å². The van der Waals surface area contributed by atoms with Crippen molar-refractivity contribution in [3.63, 3.8) is 0 Å². The minimum Gasteiger partial charge on any atom is -0.495 e. The molecule has 212 valence electrons. The molecular weight excluding hydrogens is 558 g/mol. The normalized spacial score (nSPS) is 16.5. The van der Waals surface area contributed by atoms with Gasteiger partial charge in [0.25, 0.3) is 0 Å². The van der Waals surface area contributed by atoms with E-state index >= 15 is 0 Å². The fourth-order valence-electron chi connectivity index (χ4n) is 5.50. The van der Waals surface area contributed by atoms with Crippen LogP contribution in [-0.4, -0.2) is 41.4 Å². The zero-order chi connectivity index (χ0) is 29.3. The second kappa shape index (κ2) is 11.9. The number of pyridine rings is 1. The van der Waals surface area contributed by atoms with E-state index in [2.05, 4.69) is 45.0 Å². The Balaban J connectivity index is 1.63. The lowest BCUT2D eigenvalue weighted by molar-refractivity contribution is -0.119. The standard InChI is InChI=1S/C31H32ClN5O3S/c1-18-14-22(10-11-24(18)34-28(38)17-39-4)37-30(29(35-31(37)41)25-8-6-7-13-33-25)23-15-19(2)36(20(23)3)26-16-21(32)9-12-27(26)40-5/h6-16,29-30H,17H2,1-5H3,(H,34,38)(H,35,41)/t29-,30+/m1/s1. The zero-order valence-corrected chi connectivity index (χ0v) is 25.1. The molecule has 1 aliphatic heterocycles. The van der Waals surface area contributed by atoms with E-state index in [-0.39, 0.29) is 24.6 Å². The third-order valence-electron chi connectivity index (χ3n) is 7.31. The van der Waals surface area contributed by atoms with Crippen molar-refractivity contribution in [2.45, 2.75) is 32.9 Å². The van der Waals surface area contributed by atoms with Gasteiger partial charge in [0.15, 0.2) is 5.11 Å². The first-order chi connectivity index (χ1) is 19.7. The number of thiocarbonyl (C=S) groups is 1. The fraction of sp³-hybridized carbons (Fsp3) is 0.258. The summed E-state index contributed by atoms with van der Waals surface area (Å²) in [5, 5.41) is 7.65. The summed E-state index contributed by atoms with van der Waals surface area (Å²) in [6.07, 6.45) is 1.79. The largest absolute Gasteiger partial charge is 0.495 e. The highest BCUT2D eigenvalue weighted by molar-refractivity contribution is 7.80. The Morgan fingerprint density at radius 1 is 1.10 bits per heavy atom. The predicted octanol–water partition coefficient (Wildman–Crippen LogP) is 6.22. The summed E-state index contributed by atoms with van der Waals surface area (Å²) in [5.74, 6) is 0.515. The Hall–Kier alpha value is -3.92. The lowest BCUT2D eigenvalue weighted by Crippen LogP contribution is -2.29. The first-order valence-electron chi connectivity index (χ1n) is 13.2. The summed E-state index contributed by atoms with van der Waals surface area (Å²) in [4.78, 5) is 19.0. The molecule has 41 heavy (non-hydrogen) atoms. The van der Waals surface area contributed by atoms with Gasteiger partial charge in [-0.25, -0.2) is 0 Å². The van der Waals surface area contributed by atoms with Crippen LogP contribution in [0.25, 0.3) is 5.69 Å². The van der Waals surface area contributed by atoms with Crippen molar-refractivity contribution in [3.8, 4) is 11.4 Å². The van der Waals surface area contributed by atoms with Gasteiger partial charge in [0.1, 0.15) is 12.4 Å². The molecule has 2 aromatic heterocycles. The van der Waals surface area contributed by atoms with Crippen LogP contribution in [0.1, 0.15) is 40.3 Å². The van der Waals surface area contributed by atoms with Crippen molar-refractivity contribution >= 4 is 46.2 Å². The molecule has 2 N–H and O–H groups in total. The highest BCUT2D eigenvalue weighted by Crippen LogP contribution is 2.45. The number of benzene rings is 2. The van der Waals surface area contributed by atoms with Gasteiger partial charge in [0, 0.05) is 41.1 Å². The van der Waals surface area contributed by atoms with Gasteiger partial charge in [-0.1, -0.05) is 17.7 Å². The maximum absolute atomic E-state index is 12.1. The maximum atomic E-state index is 12.1. The molecule has 0 spiro atoms. The van der Waals surface area contributed by atoms with Gasteiger partial charge >= 0.3 is 0 Å². The number of rotatable bonds is 8. The molecule has 0 radical (unpaired) electrons. The number of amides is 1. The Morgan fingerprint density at radius 2 is 1.90 bits per heavy atom. The van der Waals surface area contributed by atoms with E-state index in [0.29, 0.717) is 10.1 Å². The summed E-state index contributed by atoms with van der Waals surface area (Å²) in [7, 11) is 3.15. The molecule has 0 aliphatic carbocycles. The second-order valence-corrected chi connectivity index (χ2v) is 10.8. The molecule has 5 rings (SSSR count). The SMILES string of the molecule is COCC(=O)Nc1ccc(N2C(=S)N[C@H](c3ccccn3)[C@@H]2c2cc(C)n(-c3cc(Cl)ccc3OC)c2C)cc1C. The van der Waals surface area contributed by atoms with Crippen LogP contribution in [0.4, 0.5) is 11.4 Å². The van der Waals surface area contributed by atoms with E-state index in [1.165, 1.54) is 7.11 Å². The average molecular weight is 590 g/mol. The van der Waals surface area contributed by atoms with Gasteiger partial charge in [0.2, 0.25) is 5.91 Å². The van der Waals surface area contributed by atoms with Crippen LogP contribution in [0.2, 0.25) is 5.02 Å². The van der Waals surface area contributed by atoms with Gasteiger partial charge < -0.3 is 29.6 Å². The predicted molar refractivity (Wildman–Crippen MR) is 166 cm³/mol. The van der Waals surface area contributed by atoms with Crippen molar-refractivity contribution in [2.75, 3.05) is 31.0 Å². The number of nitrogens with zero attached hydrogens (tertiary/aromatic N) is 3. The van der Waals surface area contributed by atoms with Crippen LogP contribution in [0, 0.1) is 20.8 Å². The maximum Gasteiger partial charge on any atom is 0.250 e. The number of halogens is 1. The summed E-state index contributed by atoms with van der Waals surface area (Å²) in [6, 6.07) is 19.2. The van der Waals surface area contributed by atoms with Gasteiger partial charge in [-0.15, -0.1) is 0 Å². The number of nitrogens with one attached hydrogen (secondary N) is 2. The van der Waals surface area contributed by atoms with Crippen molar-refractivity contribution in [1.82, 2.24) is 14.9 Å². The van der Waals surface area contributed by atoms with E-state index in [4.69, 9.17) is 33.3 Å². The Labute approximate surface area is 250 Å². The van der Waals surface area contributed by atoms with Crippen LogP contribution in [0.3, 0.4) is 0 Å². The summed E-state index contributed by atoms with van der Waals surface area (Å²) in [6.45, 7) is 6.11. The third kappa shape index (κ3) is 5.53. The number of ether oxygens (including phenoxy) is 2. The molecule has 1 saturated heterocycles. The summed E-state index contributed by atoms with van der Waals surface area (Å²) >= 11 is 12.4. The number of hydrogen-bond donors (Lipinski definition) is 2. The van der Waals surface area contributed by atoms with Crippen molar-refractivity contribution in [2.24, 2.45) is 0 Å². The highest BCUT2D eigenvalue weighted by atomic mass is 35.5. The molecule has 2 aromatic carbocycles. The van der Waals surface area contributed by atoms with Crippen molar-refractivity contribution < 1.29 is 14.3 Å². The first-order valence-corrected chi connectivity index (χ1v) is 13.9. The molecular formula is C31H32ClN5O3S. The van der Waals surface area contributed by atoms with E-state index < -0.39 is 0 Å². The molecule has 1 aliphatic rings. The fourth-order valence-corrected chi connectivity index (χ4v) is 6.01.